The Labute approximate surface area is 147 Å². The molecule has 0 bridgehead atoms. The lowest BCUT2D eigenvalue weighted by Gasteiger charge is -2.36. The van der Waals surface area contributed by atoms with Gasteiger partial charge >= 0.3 is 5.97 Å². The number of carbonyl (C=O) groups is 2. The Balaban J connectivity index is 4.70. The number of methoxy groups -OCH3 is 1. The summed E-state index contributed by atoms with van der Waals surface area (Å²) in [7, 11) is -0.636. The molecule has 0 saturated carbocycles. The Bertz CT molecular complexity index is 418. The van der Waals surface area contributed by atoms with Gasteiger partial charge in [-0.15, -0.1) is 0 Å². The number of aliphatic hydroxyl groups is 1. The molecule has 0 aliphatic heterocycles. The van der Waals surface area contributed by atoms with Gasteiger partial charge in [0.25, 0.3) is 0 Å². The average Bonchev–Trinajstić information content (AvgIpc) is 2.43. The minimum Gasteiger partial charge on any atom is -0.467 e. The van der Waals surface area contributed by atoms with Crippen LogP contribution in [0.4, 0.5) is 0 Å². The molecule has 2 atom stereocenters. The first kappa shape index (κ1) is 23.1. The highest BCUT2D eigenvalue weighted by Crippen LogP contribution is 2.36. The molecule has 24 heavy (non-hydrogen) atoms. The van der Waals surface area contributed by atoms with Crippen molar-refractivity contribution in [1.82, 2.24) is 5.32 Å². The molecule has 142 valence electrons. The molecule has 0 radical (unpaired) electrons. The number of nitrogens with one attached hydrogen (secondary N) is 1. The van der Waals surface area contributed by atoms with Crippen molar-refractivity contribution in [2.24, 2.45) is 5.92 Å². The zero-order chi connectivity index (χ0) is 19.1. The third-order valence-corrected chi connectivity index (χ3v) is 9.01. The zero-order valence-corrected chi connectivity index (χ0v) is 17.4. The largest absolute Gasteiger partial charge is 0.467 e. The Morgan fingerprint density at radius 1 is 1.21 bits per heavy atom. The molecule has 0 aliphatic rings. The van der Waals surface area contributed by atoms with Crippen LogP contribution in [0, 0.1) is 5.92 Å². The zero-order valence-electron chi connectivity index (χ0n) is 16.4. The van der Waals surface area contributed by atoms with Crippen LogP contribution in [0.3, 0.4) is 0 Å². The van der Waals surface area contributed by atoms with Gasteiger partial charge in [0.15, 0.2) is 8.32 Å². The second-order valence-corrected chi connectivity index (χ2v) is 12.9. The van der Waals surface area contributed by atoms with Gasteiger partial charge < -0.3 is 19.6 Å². The van der Waals surface area contributed by atoms with E-state index in [0.29, 0.717) is 19.4 Å². The van der Waals surface area contributed by atoms with Crippen molar-refractivity contribution >= 4 is 20.2 Å². The van der Waals surface area contributed by atoms with Gasteiger partial charge in [-0.2, -0.15) is 0 Å². The highest BCUT2D eigenvalue weighted by molar-refractivity contribution is 6.74. The molecule has 0 aromatic heterocycles. The first-order valence-corrected chi connectivity index (χ1v) is 11.4. The van der Waals surface area contributed by atoms with Crippen LogP contribution in [0.25, 0.3) is 0 Å². The Kier molecular flexibility index (Phi) is 9.16. The fraction of sp³-hybridized carbons (Fsp3) is 0.882. The number of hydrogen-bond acceptors (Lipinski definition) is 5. The second kappa shape index (κ2) is 9.53. The van der Waals surface area contributed by atoms with Crippen LogP contribution < -0.4 is 5.32 Å². The van der Waals surface area contributed by atoms with Crippen molar-refractivity contribution in [3.63, 3.8) is 0 Å². The number of amides is 1. The lowest BCUT2D eigenvalue weighted by Crippen LogP contribution is -2.48. The van der Waals surface area contributed by atoms with Gasteiger partial charge in [0.05, 0.1) is 7.11 Å². The van der Waals surface area contributed by atoms with E-state index in [1.165, 1.54) is 7.11 Å². The molecule has 0 spiro atoms. The van der Waals surface area contributed by atoms with Crippen LogP contribution in [0.1, 0.15) is 47.5 Å². The lowest BCUT2D eigenvalue weighted by atomic mass is 10.1. The van der Waals surface area contributed by atoms with Gasteiger partial charge in [-0.3, -0.25) is 4.79 Å². The number of rotatable bonds is 9. The van der Waals surface area contributed by atoms with Gasteiger partial charge in [0.2, 0.25) is 5.91 Å². The molecular weight excluding hydrogens is 326 g/mol. The molecule has 0 heterocycles. The van der Waals surface area contributed by atoms with Gasteiger partial charge in [-0.25, -0.2) is 4.79 Å². The number of hydrogen-bond donors (Lipinski definition) is 2. The van der Waals surface area contributed by atoms with E-state index >= 15 is 0 Å². The average molecular weight is 362 g/mol. The summed E-state index contributed by atoms with van der Waals surface area (Å²) in [5.41, 5.74) is 0. The maximum atomic E-state index is 12.0. The standard InChI is InChI=1S/C17H35NO5Si/c1-12(2)11-14(19)15(20)18-13(16(21)22-6)9-10-23-24(7,8)17(3,4)5/h12-14,19H,9-11H2,1-8H3,(H,18,20)/t13-,14-/m1/s1. The summed E-state index contributed by atoms with van der Waals surface area (Å²) in [6.45, 7) is 14.9. The summed E-state index contributed by atoms with van der Waals surface area (Å²) in [6, 6.07) is -0.811. The van der Waals surface area contributed by atoms with E-state index in [1.807, 2.05) is 13.8 Å². The second-order valence-electron chi connectivity index (χ2n) is 8.13. The summed E-state index contributed by atoms with van der Waals surface area (Å²) < 4.78 is 10.8. The Hall–Kier alpha value is -0.923. The molecule has 0 saturated heterocycles. The fourth-order valence-electron chi connectivity index (χ4n) is 1.86. The van der Waals surface area contributed by atoms with Crippen LogP contribution >= 0.6 is 0 Å². The first-order valence-electron chi connectivity index (χ1n) is 8.52. The van der Waals surface area contributed by atoms with Crippen LogP contribution in [0.5, 0.6) is 0 Å². The van der Waals surface area contributed by atoms with Gasteiger partial charge in [-0.05, 0) is 30.5 Å². The third-order valence-electron chi connectivity index (χ3n) is 4.48. The summed E-state index contributed by atoms with van der Waals surface area (Å²) >= 11 is 0. The minimum absolute atomic E-state index is 0.0739. The molecule has 0 aromatic rings. The van der Waals surface area contributed by atoms with Crippen LogP contribution in [0.15, 0.2) is 0 Å². The normalized spacial score (nSPS) is 15.1. The number of esters is 1. The summed E-state index contributed by atoms with van der Waals surface area (Å²) in [4.78, 5) is 23.9. The monoisotopic (exact) mass is 361 g/mol. The topological polar surface area (TPSA) is 84.9 Å². The van der Waals surface area contributed by atoms with E-state index < -0.39 is 32.3 Å². The fourth-order valence-corrected chi connectivity index (χ4v) is 2.92. The predicted octanol–water partition coefficient (Wildman–Crippen LogP) is 2.46. The van der Waals surface area contributed by atoms with Crippen LogP contribution in [-0.2, 0) is 18.8 Å². The smallest absolute Gasteiger partial charge is 0.328 e. The molecular formula is C17H35NO5Si. The molecule has 2 N–H and O–H groups in total. The molecule has 0 rings (SSSR count). The first-order chi connectivity index (χ1) is 10.8. The molecule has 0 aromatic carbocycles. The number of carbonyl (C=O) groups excluding carboxylic acids is 2. The molecule has 1 amide bonds. The maximum absolute atomic E-state index is 12.0. The van der Waals surface area contributed by atoms with Gasteiger partial charge in [-0.1, -0.05) is 34.6 Å². The van der Waals surface area contributed by atoms with E-state index in [2.05, 4.69) is 39.2 Å². The SMILES string of the molecule is COC(=O)[C@@H](CCO[Si](C)(C)C(C)(C)C)NC(=O)[C@H](O)CC(C)C. The van der Waals surface area contributed by atoms with Crippen molar-refractivity contribution in [1.29, 1.82) is 0 Å². The number of ether oxygens (including phenoxy) is 1. The predicted molar refractivity (Wildman–Crippen MR) is 97.2 cm³/mol. The highest BCUT2D eigenvalue weighted by Gasteiger charge is 2.37. The lowest BCUT2D eigenvalue weighted by molar-refractivity contribution is -0.146. The van der Waals surface area contributed by atoms with Crippen molar-refractivity contribution in [2.75, 3.05) is 13.7 Å². The number of aliphatic hydroxyl groups excluding tert-OH is 1. The molecule has 0 unspecified atom stereocenters. The van der Waals surface area contributed by atoms with Crippen molar-refractivity contribution in [3.05, 3.63) is 0 Å². The van der Waals surface area contributed by atoms with E-state index in [1.54, 1.807) is 0 Å². The van der Waals surface area contributed by atoms with Gasteiger partial charge in [0.1, 0.15) is 12.1 Å². The minimum atomic E-state index is -1.91. The highest BCUT2D eigenvalue weighted by atomic mass is 28.4. The quantitative estimate of drug-likeness (QED) is 0.487. The van der Waals surface area contributed by atoms with E-state index in [-0.39, 0.29) is 11.0 Å². The molecule has 7 heteroatoms. The maximum Gasteiger partial charge on any atom is 0.328 e. The third kappa shape index (κ3) is 7.77. The Morgan fingerprint density at radius 2 is 1.75 bits per heavy atom. The van der Waals surface area contributed by atoms with Crippen LogP contribution in [-0.4, -0.2) is 51.2 Å². The summed E-state index contributed by atoms with van der Waals surface area (Å²) in [5, 5.41) is 12.5. The summed E-state index contributed by atoms with van der Waals surface area (Å²) in [5.74, 6) is -0.894. The summed E-state index contributed by atoms with van der Waals surface area (Å²) in [6.07, 6.45) is -0.460. The molecule has 0 fully saturated rings. The van der Waals surface area contributed by atoms with E-state index in [4.69, 9.17) is 9.16 Å². The van der Waals surface area contributed by atoms with E-state index in [0.717, 1.165) is 0 Å². The van der Waals surface area contributed by atoms with E-state index in [9.17, 15) is 14.7 Å². The molecule has 0 aliphatic carbocycles. The van der Waals surface area contributed by atoms with Crippen molar-refractivity contribution < 1.29 is 23.9 Å². The van der Waals surface area contributed by atoms with Crippen molar-refractivity contribution in [2.45, 2.75) is 77.7 Å². The van der Waals surface area contributed by atoms with Gasteiger partial charge in [0, 0.05) is 13.0 Å². The Morgan fingerprint density at radius 3 is 2.17 bits per heavy atom. The van der Waals surface area contributed by atoms with Crippen molar-refractivity contribution in [3.8, 4) is 0 Å². The molecule has 6 nitrogen and oxygen atoms in total. The van der Waals surface area contributed by atoms with Crippen LogP contribution in [0.2, 0.25) is 18.1 Å².